The summed E-state index contributed by atoms with van der Waals surface area (Å²) in [7, 11) is 0. The van der Waals surface area contributed by atoms with E-state index >= 15 is 0 Å². The zero-order valence-electron chi connectivity index (χ0n) is 9.89. The van der Waals surface area contributed by atoms with Gasteiger partial charge in [0.15, 0.2) is 0 Å². The molecule has 1 aromatic rings. The third kappa shape index (κ3) is 3.09. The number of hydrogen-bond acceptors (Lipinski definition) is 3. The molecule has 94 valence electrons. The van der Waals surface area contributed by atoms with Crippen LogP contribution in [0.15, 0.2) is 23.0 Å². The third-order valence-corrected chi connectivity index (χ3v) is 3.61. The molecule has 1 aromatic heterocycles. The molecule has 0 aliphatic heterocycles. The lowest BCUT2D eigenvalue weighted by molar-refractivity contribution is 0.0908. The van der Waals surface area contributed by atoms with Crippen molar-refractivity contribution in [3.63, 3.8) is 0 Å². The van der Waals surface area contributed by atoms with Gasteiger partial charge in [0.1, 0.15) is 6.26 Å². The van der Waals surface area contributed by atoms with Gasteiger partial charge in [-0.2, -0.15) is 0 Å². The van der Waals surface area contributed by atoms with E-state index in [4.69, 9.17) is 4.42 Å². The maximum absolute atomic E-state index is 11.7. The second kappa shape index (κ2) is 5.87. The summed E-state index contributed by atoms with van der Waals surface area (Å²) < 4.78 is 4.87. The van der Waals surface area contributed by atoms with E-state index in [1.165, 1.54) is 25.4 Å². The van der Waals surface area contributed by atoms with Gasteiger partial charge in [0, 0.05) is 13.2 Å². The molecule has 1 fully saturated rings. The molecule has 1 aliphatic carbocycles. The molecule has 4 nitrogen and oxygen atoms in total. The Bertz CT molecular complexity index is 348. The van der Waals surface area contributed by atoms with Crippen LogP contribution in [0.2, 0.25) is 0 Å². The van der Waals surface area contributed by atoms with Crippen molar-refractivity contribution in [1.29, 1.82) is 0 Å². The number of rotatable bonds is 4. The number of carbonyl (C=O) groups is 1. The number of aliphatic hydroxyl groups is 1. The fraction of sp³-hybridized carbons (Fsp3) is 0.615. The van der Waals surface area contributed by atoms with Crippen molar-refractivity contribution in [2.24, 2.45) is 11.8 Å². The number of nitrogens with one attached hydrogen (secondary N) is 1. The Morgan fingerprint density at radius 3 is 2.82 bits per heavy atom. The first-order chi connectivity index (χ1) is 8.31. The van der Waals surface area contributed by atoms with Gasteiger partial charge < -0.3 is 14.8 Å². The van der Waals surface area contributed by atoms with Gasteiger partial charge in [-0.3, -0.25) is 4.79 Å². The fourth-order valence-electron chi connectivity index (χ4n) is 2.51. The van der Waals surface area contributed by atoms with Crippen molar-refractivity contribution in [3.8, 4) is 0 Å². The maximum Gasteiger partial charge on any atom is 0.254 e. The smallest absolute Gasteiger partial charge is 0.254 e. The van der Waals surface area contributed by atoms with Gasteiger partial charge in [-0.15, -0.1) is 0 Å². The van der Waals surface area contributed by atoms with E-state index in [2.05, 4.69) is 5.32 Å². The molecule has 0 aromatic carbocycles. The van der Waals surface area contributed by atoms with Crippen molar-refractivity contribution in [3.05, 3.63) is 24.2 Å². The zero-order valence-corrected chi connectivity index (χ0v) is 9.89. The standard InChI is InChI=1S/C13H19NO3/c15-8-11-4-2-1-3-10(11)7-14-13(16)12-5-6-17-9-12/h5-6,9-11,15H,1-4,7-8H2,(H,14,16). The summed E-state index contributed by atoms with van der Waals surface area (Å²) >= 11 is 0. The molecule has 2 unspecified atom stereocenters. The zero-order chi connectivity index (χ0) is 12.1. The molecule has 1 saturated carbocycles. The van der Waals surface area contributed by atoms with Gasteiger partial charge >= 0.3 is 0 Å². The molecule has 1 amide bonds. The van der Waals surface area contributed by atoms with Crippen LogP contribution in [-0.4, -0.2) is 24.2 Å². The van der Waals surface area contributed by atoms with Gasteiger partial charge in [0.2, 0.25) is 0 Å². The van der Waals surface area contributed by atoms with Gasteiger partial charge in [-0.1, -0.05) is 12.8 Å². The Kier molecular flexibility index (Phi) is 4.20. The SMILES string of the molecule is O=C(NCC1CCCCC1CO)c1ccoc1. The highest BCUT2D eigenvalue weighted by molar-refractivity contribution is 5.93. The lowest BCUT2D eigenvalue weighted by Crippen LogP contribution is -2.35. The van der Waals surface area contributed by atoms with Crippen LogP contribution >= 0.6 is 0 Å². The lowest BCUT2D eigenvalue weighted by Gasteiger charge is -2.30. The summed E-state index contributed by atoms with van der Waals surface area (Å²) in [6.07, 6.45) is 7.49. The van der Waals surface area contributed by atoms with E-state index < -0.39 is 0 Å². The highest BCUT2D eigenvalue weighted by Gasteiger charge is 2.24. The Labute approximate surface area is 101 Å². The molecule has 1 aliphatic rings. The van der Waals surface area contributed by atoms with E-state index in [1.54, 1.807) is 6.07 Å². The van der Waals surface area contributed by atoms with Gasteiger partial charge in [0.05, 0.1) is 11.8 Å². The summed E-state index contributed by atoms with van der Waals surface area (Å²) in [6, 6.07) is 1.65. The Hall–Kier alpha value is -1.29. The molecule has 0 saturated heterocycles. The van der Waals surface area contributed by atoms with Crippen LogP contribution in [0, 0.1) is 11.8 Å². The Morgan fingerprint density at radius 1 is 1.41 bits per heavy atom. The number of hydrogen-bond donors (Lipinski definition) is 2. The molecule has 2 atom stereocenters. The molecule has 0 bridgehead atoms. The van der Waals surface area contributed by atoms with Crippen molar-refractivity contribution in [2.45, 2.75) is 25.7 Å². The fourth-order valence-corrected chi connectivity index (χ4v) is 2.51. The van der Waals surface area contributed by atoms with E-state index in [1.807, 2.05) is 0 Å². The van der Waals surface area contributed by atoms with Crippen molar-refractivity contribution in [2.75, 3.05) is 13.2 Å². The van der Waals surface area contributed by atoms with Gasteiger partial charge in [0.25, 0.3) is 5.91 Å². The maximum atomic E-state index is 11.7. The lowest BCUT2D eigenvalue weighted by atomic mass is 9.79. The number of carbonyl (C=O) groups excluding carboxylic acids is 1. The first kappa shape index (κ1) is 12.2. The van der Waals surface area contributed by atoms with Crippen LogP contribution in [0.1, 0.15) is 36.0 Å². The van der Waals surface area contributed by atoms with Crippen LogP contribution in [-0.2, 0) is 0 Å². The summed E-state index contributed by atoms with van der Waals surface area (Å²) in [5.41, 5.74) is 0.557. The average molecular weight is 237 g/mol. The molecule has 17 heavy (non-hydrogen) atoms. The minimum Gasteiger partial charge on any atom is -0.472 e. The van der Waals surface area contributed by atoms with Crippen LogP contribution < -0.4 is 5.32 Å². The van der Waals surface area contributed by atoms with Crippen molar-refractivity contribution < 1.29 is 14.3 Å². The second-order valence-electron chi connectivity index (χ2n) is 4.71. The van der Waals surface area contributed by atoms with E-state index in [-0.39, 0.29) is 12.5 Å². The van der Waals surface area contributed by atoms with Crippen LogP contribution in [0.3, 0.4) is 0 Å². The molecular weight excluding hydrogens is 218 g/mol. The number of amides is 1. The van der Waals surface area contributed by atoms with Crippen LogP contribution in [0.5, 0.6) is 0 Å². The molecule has 1 heterocycles. The Balaban J connectivity index is 1.82. The topological polar surface area (TPSA) is 62.5 Å². The molecule has 2 rings (SSSR count). The summed E-state index contributed by atoms with van der Waals surface area (Å²) in [4.78, 5) is 11.7. The number of furan rings is 1. The first-order valence-corrected chi connectivity index (χ1v) is 6.22. The molecule has 4 heteroatoms. The van der Waals surface area contributed by atoms with Gasteiger partial charge in [-0.05, 0) is 30.7 Å². The molecule has 0 spiro atoms. The second-order valence-corrected chi connectivity index (χ2v) is 4.71. The third-order valence-electron chi connectivity index (χ3n) is 3.61. The van der Waals surface area contributed by atoms with E-state index in [9.17, 15) is 9.90 Å². The van der Waals surface area contributed by atoms with Crippen molar-refractivity contribution >= 4 is 5.91 Å². The van der Waals surface area contributed by atoms with Crippen molar-refractivity contribution in [1.82, 2.24) is 5.32 Å². The quantitative estimate of drug-likeness (QED) is 0.839. The highest BCUT2D eigenvalue weighted by atomic mass is 16.3. The normalized spacial score (nSPS) is 24.5. The predicted octanol–water partition coefficient (Wildman–Crippen LogP) is 1.81. The highest BCUT2D eigenvalue weighted by Crippen LogP contribution is 2.29. The summed E-state index contributed by atoms with van der Waals surface area (Å²) in [6.45, 7) is 0.876. The molecule has 2 N–H and O–H groups in total. The molecular formula is C13H19NO3. The minimum atomic E-state index is -0.0963. The summed E-state index contributed by atoms with van der Waals surface area (Å²) in [5, 5.41) is 12.2. The van der Waals surface area contributed by atoms with Crippen LogP contribution in [0.25, 0.3) is 0 Å². The van der Waals surface area contributed by atoms with E-state index in [0.29, 0.717) is 23.9 Å². The molecule has 0 radical (unpaired) electrons. The van der Waals surface area contributed by atoms with Crippen LogP contribution in [0.4, 0.5) is 0 Å². The average Bonchev–Trinajstić information content (AvgIpc) is 2.90. The first-order valence-electron chi connectivity index (χ1n) is 6.22. The summed E-state index contributed by atoms with van der Waals surface area (Å²) in [5.74, 6) is 0.652. The van der Waals surface area contributed by atoms with Gasteiger partial charge in [-0.25, -0.2) is 0 Å². The monoisotopic (exact) mass is 237 g/mol. The Morgan fingerprint density at radius 2 is 2.18 bits per heavy atom. The predicted molar refractivity (Wildman–Crippen MR) is 63.6 cm³/mol. The number of aliphatic hydroxyl groups excluding tert-OH is 1. The minimum absolute atomic E-state index is 0.0963. The largest absolute Gasteiger partial charge is 0.472 e. The van der Waals surface area contributed by atoms with E-state index in [0.717, 1.165) is 12.8 Å².